The smallest absolute Gasteiger partial charge is 0.305 e. The fraction of sp³-hybridized carbons (Fsp3) is 0.971. The van der Waals surface area contributed by atoms with Gasteiger partial charge in [-0.15, -0.1) is 0 Å². The van der Waals surface area contributed by atoms with Crippen molar-refractivity contribution in [2.75, 3.05) is 13.2 Å². The highest BCUT2D eigenvalue weighted by Gasteiger charge is 2.20. The molecule has 0 aromatic carbocycles. The number of ether oxygens (including phenoxy) is 1. The quantitative estimate of drug-likeness (QED) is 0.0417. The van der Waals surface area contributed by atoms with Gasteiger partial charge in [-0.3, -0.25) is 9.59 Å². The van der Waals surface area contributed by atoms with Crippen molar-refractivity contribution < 1.29 is 24.5 Å². The summed E-state index contributed by atoms with van der Waals surface area (Å²) in [5.41, 5.74) is 0. The molecule has 6 nitrogen and oxygen atoms in total. The van der Waals surface area contributed by atoms with Gasteiger partial charge in [-0.2, -0.15) is 0 Å². The van der Waals surface area contributed by atoms with Crippen LogP contribution in [0.1, 0.15) is 412 Å². The molecule has 0 saturated heterocycles. The van der Waals surface area contributed by atoms with E-state index in [0.717, 1.165) is 38.5 Å². The summed E-state index contributed by atoms with van der Waals surface area (Å²) in [6, 6.07) is -0.542. The highest BCUT2D eigenvalue weighted by Crippen LogP contribution is 2.20. The molecule has 0 aromatic heterocycles. The molecule has 0 heterocycles. The standard InChI is InChI=1S/C70H139NO5/c1-3-5-7-9-11-13-15-17-18-19-20-21-22-23-24-26-29-32-35-39-42-46-50-54-58-62-68(73)67(66-72)71-69(74)63-59-55-51-47-43-40-36-33-30-27-25-28-31-34-37-41-45-49-53-57-61-65-76-70(75)64-60-56-52-48-44-38-16-14-12-10-8-6-4-2/h67-68,72-73H,3-66H2,1-2H3,(H,71,74). The summed E-state index contributed by atoms with van der Waals surface area (Å²) in [5, 5.41) is 23.4. The molecule has 0 rings (SSSR count). The van der Waals surface area contributed by atoms with E-state index in [1.807, 2.05) is 0 Å². The number of esters is 1. The van der Waals surface area contributed by atoms with Gasteiger partial charge < -0.3 is 20.3 Å². The van der Waals surface area contributed by atoms with E-state index in [2.05, 4.69) is 19.2 Å². The van der Waals surface area contributed by atoms with Crippen LogP contribution in [0.4, 0.5) is 0 Å². The van der Waals surface area contributed by atoms with E-state index in [1.165, 1.54) is 340 Å². The second-order valence-electron chi connectivity index (χ2n) is 24.6. The maximum atomic E-state index is 12.6. The summed E-state index contributed by atoms with van der Waals surface area (Å²) in [5.74, 6) is -0.0147. The number of aliphatic hydroxyl groups is 2. The van der Waals surface area contributed by atoms with Gasteiger partial charge in [0.1, 0.15) is 0 Å². The fourth-order valence-electron chi connectivity index (χ4n) is 11.5. The van der Waals surface area contributed by atoms with E-state index in [1.54, 1.807) is 0 Å². The minimum absolute atomic E-state index is 0.0152. The summed E-state index contributed by atoms with van der Waals surface area (Å²) in [6.45, 7) is 5.00. The molecule has 3 N–H and O–H groups in total. The third-order valence-corrected chi connectivity index (χ3v) is 16.9. The van der Waals surface area contributed by atoms with Crippen LogP contribution in [0.25, 0.3) is 0 Å². The fourth-order valence-corrected chi connectivity index (χ4v) is 11.5. The number of aliphatic hydroxyl groups excluding tert-OH is 2. The minimum Gasteiger partial charge on any atom is -0.466 e. The molecule has 2 unspecified atom stereocenters. The topological polar surface area (TPSA) is 95.9 Å². The van der Waals surface area contributed by atoms with E-state index in [4.69, 9.17) is 4.74 Å². The van der Waals surface area contributed by atoms with Crippen LogP contribution in [0.15, 0.2) is 0 Å². The van der Waals surface area contributed by atoms with E-state index in [9.17, 15) is 19.8 Å². The van der Waals surface area contributed by atoms with Crippen molar-refractivity contribution in [1.29, 1.82) is 0 Å². The van der Waals surface area contributed by atoms with Gasteiger partial charge in [-0.25, -0.2) is 0 Å². The maximum absolute atomic E-state index is 12.6. The lowest BCUT2D eigenvalue weighted by molar-refractivity contribution is -0.143. The average molecular weight is 1070 g/mol. The SMILES string of the molecule is CCCCCCCCCCCCCCCCCCCCCCCCCCCC(O)C(CO)NC(=O)CCCCCCCCCCCCCCCCCCCCCCCOC(=O)CCCCCCCCCCCCCCC. The van der Waals surface area contributed by atoms with Gasteiger partial charge >= 0.3 is 5.97 Å². The molecular weight excluding hydrogens is 935 g/mol. The predicted molar refractivity (Wildman–Crippen MR) is 334 cm³/mol. The number of hydrogen-bond acceptors (Lipinski definition) is 5. The Labute approximate surface area is 476 Å². The second kappa shape index (κ2) is 66.4. The lowest BCUT2D eigenvalue weighted by atomic mass is 10.0. The molecule has 0 bridgehead atoms. The highest BCUT2D eigenvalue weighted by atomic mass is 16.5. The Morgan fingerprint density at radius 1 is 0.316 bits per heavy atom. The number of amides is 1. The van der Waals surface area contributed by atoms with Crippen LogP contribution in [-0.2, 0) is 14.3 Å². The van der Waals surface area contributed by atoms with E-state index < -0.39 is 12.1 Å². The van der Waals surface area contributed by atoms with Crippen molar-refractivity contribution in [2.45, 2.75) is 424 Å². The zero-order valence-electron chi connectivity index (χ0n) is 52.0. The Balaban J connectivity index is 3.37. The molecule has 6 heteroatoms. The van der Waals surface area contributed by atoms with Gasteiger partial charge in [0.25, 0.3) is 0 Å². The molecule has 454 valence electrons. The lowest BCUT2D eigenvalue weighted by Crippen LogP contribution is -2.45. The van der Waals surface area contributed by atoms with Crippen molar-refractivity contribution in [3.8, 4) is 0 Å². The average Bonchev–Trinajstić information content (AvgIpc) is 3.42. The Hall–Kier alpha value is -1.14. The van der Waals surface area contributed by atoms with Gasteiger partial charge in [0.05, 0.1) is 25.4 Å². The van der Waals surface area contributed by atoms with Gasteiger partial charge in [0.2, 0.25) is 5.91 Å². The Bertz CT molecular complexity index is 1100. The second-order valence-corrected chi connectivity index (χ2v) is 24.6. The summed E-state index contributed by atoms with van der Waals surface area (Å²) in [6.07, 6.45) is 80.0. The van der Waals surface area contributed by atoms with Crippen LogP contribution in [0, 0.1) is 0 Å². The van der Waals surface area contributed by atoms with Gasteiger partial charge in [-0.1, -0.05) is 373 Å². The van der Waals surface area contributed by atoms with Crippen LogP contribution in [0.5, 0.6) is 0 Å². The molecule has 0 saturated carbocycles. The minimum atomic E-state index is -0.665. The molecule has 0 aliphatic carbocycles. The Morgan fingerprint density at radius 3 is 0.803 bits per heavy atom. The summed E-state index contributed by atoms with van der Waals surface area (Å²) in [4.78, 5) is 24.6. The molecule has 2 atom stereocenters. The van der Waals surface area contributed by atoms with Crippen molar-refractivity contribution >= 4 is 11.9 Å². The summed E-state index contributed by atoms with van der Waals surface area (Å²) >= 11 is 0. The summed E-state index contributed by atoms with van der Waals surface area (Å²) in [7, 11) is 0. The van der Waals surface area contributed by atoms with E-state index in [-0.39, 0.29) is 18.5 Å². The summed E-state index contributed by atoms with van der Waals surface area (Å²) < 4.78 is 5.49. The van der Waals surface area contributed by atoms with Crippen LogP contribution in [0.2, 0.25) is 0 Å². The molecule has 0 fully saturated rings. The highest BCUT2D eigenvalue weighted by molar-refractivity contribution is 5.76. The van der Waals surface area contributed by atoms with E-state index in [0.29, 0.717) is 25.9 Å². The van der Waals surface area contributed by atoms with Gasteiger partial charge in [-0.05, 0) is 25.7 Å². The first kappa shape index (κ1) is 74.9. The van der Waals surface area contributed by atoms with Crippen LogP contribution in [0.3, 0.4) is 0 Å². The normalized spacial score (nSPS) is 12.4. The molecule has 0 aromatic rings. The Morgan fingerprint density at radius 2 is 0.539 bits per heavy atom. The molecule has 0 aliphatic rings. The van der Waals surface area contributed by atoms with Crippen LogP contribution in [-0.4, -0.2) is 47.4 Å². The molecular formula is C70H139NO5. The zero-order valence-corrected chi connectivity index (χ0v) is 52.0. The monoisotopic (exact) mass is 1070 g/mol. The lowest BCUT2D eigenvalue weighted by Gasteiger charge is -2.22. The van der Waals surface area contributed by atoms with Crippen molar-refractivity contribution in [1.82, 2.24) is 5.32 Å². The van der Waals surface area contributed by atoms with Crippen molar-refractivity contribution in [3.05, 3.63) is 0 Å². The van der Waals surface area contributed by atoms with E-state index >= 15 is 0 Å². The first-order valence-corrected chi connectivity index (χ1v) is 35.3. The molecule has 0 spiro atoms. The molecule has 1 amide bonds. The maximum Gasteiger partial charge on any atom is 0.305 e. The van der Waals surface area contributed by atoms with Crippen LogP contribution >= 0.6 is 0 Å². The third-order valence-electron chi connectivity index (χ3n) is 16.9. The first-order chi connectivity index (χ1) is 37.5. The van der Waals surface area contributed by atoms with Gasteiger partial charge in [0.15, 0.2) is 0 Å². The predicted octanol–water partition coefficient (Wildman–Crippen LogP) is 22.6. The first-order valence-electron chi connectivity index (χ1n) is 35.3. The zero-order chi connectivity index (χ0) is 55.0. The molecule has 0 aliphatic heterocycles. The number of hydrogen-bond donors (Lipinski definition) is 3. The van der Waals surface area contributed by atoms with Crippen molar-refractivity contribution in [2.24, 2.45) is 0 Å². The van der Waals surface area contributed by atoms with Crippen molar-refractivity contribution in [3.63, 3.8) is 0 Å². The number of rotatable bonds is 67. The number of nitrogens with one attached hydrogen (secondary N) is 1. The molecule has 0 radical (unpaired) electrons. The van der Waals surface area contributed by atoms with Gasteiger partial charge in [0, 0.05) is 12.8 Å². The number of carbonyl (C=O) groups excluding carboxylic acids is 2. The molecule has 76 heavy (non-hydrogen) atoms. The number of carbonyl (C=O) groups is 2. The third kappa shape index (κ3) is 62.1. The van der Waals surface area contributed by atoms with Crippen LogP contribution < -0.4 is 5.32 Å². The Kier molecular flexibility index (Phi) is 65.4. The largest absolute Gasteiger partial charge is 0.466 e. The number of unbranched alkanes of at least 4 members (excludes halogenated alkanes) is 56.